The van der Waals surface area contributed by atoms with E-state index in [1.807, 2.05) is 0 Å². The SMILES string of the molecule is CC[C@@H](CCCCC1CCC(N=C=O)CC1)N=C=O. The minimum atomic E-state index is 0.162. The maximum atomic E-state index is 10.2. The van der Waals surface area contributed by atoms with Gasteiger partial charge in [-0.3, -0.25) is 0 Å². The Morgan fingerprint density at radius 3 is 2.42 bits per heavy atom. The normalized spacial score (nSPS) is 24.1. The van der Waals surface area contributed by atoms with Gasteiger partial charge >= 0.3 is 0 Å². The van der Waals surface area contributed by atoms with E-state index in [0.29, 0.717) is 0 Å². The summed E-state index contributed by atoms with van der Waals surface area (Å²) in [5.74, 6) is 0.785. The van der Waals surface area contributed by atoms with Crippen molar-refractivity contribution >= 4 is 12.2 Å². The highest BCUT2D eigenvalue weighted by atomic mass is 16.1. The third kappa shape index (κ3) is 6.47. The van der Waals surface area contributed by atoms with Crippen molar-refractivity contribution in [3.8, 4) is 0 Å². The van der Waals surface area contributed by atoms with Crippen molar-refractivity contribution in [2.24, 2.45) is 15.9 Å². The van der Waals surface area contributed by atoms with Crippen LogP contribution >= 0.6 is 0 Å². The predicted molar refractivity (Wildman–Crippen MR) is 74.5 cm³/mol. The van der Waals surface area contributed by atoms with E-state index in [2.05, 4.69) is 16.9 Å². The average molecular weight is 264 g/mol. The number of isocyanates is 2. The maximum Gasteiger partial charge on any atom is 0.235 e. The van der Waals surface area contributed by atoms with Crippen LogP contribution in [0.2, 0.25) is 0 Å². The standard InChI is InChI=1S/C15H24N2O2/c1-2-14(16-11-18)6-4-3-5-13-7-9-15(10-8-13)17-12-19/h13-15H,2-10H2,1H3/t13?,14-,15?/m0/s1. The van der Waals surface area contributed by atoms with Crippen LogP contribution in [-0.2, 0) is 9.59 Å². The van der Waals surface area contributed by atoms with Crippen molar-refractivity contribution in [2.75, 3.05) is 0 Å². The Morgan fingerprint density at radius 1 is 1.11 bits per heavy atom. The first-order valence-electron chi connectivity index (χ1n) is 7.44. The zero-order valence-corrected chi connectivity index (χ0v) is 11.8. The lowest BCUT2D eigenvalue weighted by atomic mass is 9.83. The van der Waals surface area contributed by atoms with Crippen LogP contribution in [0.3, 0.4) is 0 Å². The van der Waals surface area contributed by atoms with Crippen LogP contribution in [0.25, 0.3) is 0 Å². The van der Waals surface area contributed by atoms with E-state index in [9.17, 15) is 9.59 Å². The van der Waals surface area contributed by atoms with Gasteiger partial charge in [0, 0.05) is 0 Å². The highest BCUT2D eigenvalue weighted by Gasteiger charge is 2.20. The molecule has 0 aromatic heterocycles. The first-order valence-corrected chi connectivity index (χ1v) is 7.44. The first kappa shape index (κ1) is 15.8. The van der Waals surface area contributed by atoms with Gasteiger partial charge in [-0.1, -0.05) is 26.2 Å². The van der Waals surface area contributed by atoms with Crippen LogP contribution in [0.4, 0.5) is 0 Å². The predicted octanol–water partition coefficient (Wildman–Crippen LogP) is 3.56. The number of hydrogen-bond donors (Lipinski definition) is 0. The van der Waals surface area contributed by atoms with Crippen molar-refractivity contribution in [3.05, 3.63) is 0 Å². The van der Waals surface area contributed by atoms with Gasteiger partial charge in [0.15, 0.2) is 0 Å². The molecule has 1 atom stereocenters. The number of unbranched alkanes of at least 4 members (excludes halogenated alkanes) is 1. The molecule has 1 aliphatic carbocycles. The van der Waals surface area contributed by atoms with Gasteiger partial charge in [-0.2, -0.15) is 0 Å². The Kier molecular flexibility index (Phi) is 8.04. The summed E-state index contributed by atoms with van der Waals surface area (Å²) in [4.78, 5) is 28.0. The van der Waals surface area contributed by atoms with Gasteiger partial charge in [-0.05, 0) is 44.4 Å². The number of nitrogens with zero attached hydrogens (tertiary/aromatic N) is 2. The quantitative estimate of drug-likeness (QED) is 0.382. The van der Waals surface area contributed by atoms with Crippen molar-refractivity contribution < 1.29 is 9.59 Å². The molecule has 19 heavy (non-hydrogen) atoms. The van der Waals surface area contributed by atoms with E-state index < -0.39 is 0 Å². The van der Waals surface area contributed by atoms with Gasteiger partial charge < -0.3 is 0 Å². The Balaban J connectivity index is 2.10. The Morgan fingerprint density at radius 2 is 1.84 bits per heavy atom. The monoisotopic (exact) mass is 264 g/mol. The molecule has 0 amide bonds. The van der Waals surface area contributed by atoms with Crippen LogP contribution in [0, 0.1) is 5.92 Å². The van der Waals surface area contributed by atoms with Gasteiger partial charge in [0.2, 0.25) is 12.2 Å². The zero-order valence-electron chi connectivity index (χ0n) is 11.8. The fourth-order valence-electron chi connectivity index (χ4n) is 2.88. The van der Waals surface area contributed by atoms with Gasteiger partial charge in [-0.15, -0.1) is 0 Å². The lowest BCUT2D eigenvalue weighted by Gasteiger charge is -2.25. The average Bonchev–Trinajstić information content (AvgIpc) is 2.44. The fourth-order valence-corrected chi connectivity index (χ4v) is 2.88. The molecule has 0 N–H and O–H groups in total. The molecule has 0 saturated heterocycles. The van der Waals surface area contributed by atoms with Crippen molar-refractivity contribution in [1.29, 1.82) is 0 Å². The van der Waals surface area contributed by atoms with Crippen molar-refractivity contribution in [1.82, 2.24) is 0 Å². The molecule has 4 heteroatoms. The van der Waals surface area contributed by atoms with E-state index in [1.54, 1.807) is 12.2 Å². The second-order valence-corrected chi connectivity index (χ2v) is 5.46. The summed E-state index contributed by atoms with van der Waals surface area (Å²) >= 11 is 0. The number of aliphatic imine (C=N–C) groups is 2. The highest BCUT2D eigenvalue weighted by molar-refractivity contribution is 5.33. The minimum Gasteiger partial charge on any atom is -0.211 e. The second-order valence-electron chi connectivity index (χ2n) is 5.46. The van der Waals surface area contributed by atoms with Crippen LogP contribution in [0.15, 0.2) is 9.98 Å². The number of rotatable bonds is 8. The molecule has 0 aliphatic heterocycles. The van der Waals surface area contributed by atoms with E-state index in [4.69, 9.17) is 0 Å². The lowest BCUT2D eigenvalue weighted by molar-refractivity contribution is 0.302. The molecule has 0 unspecified atom stereocenters. The van der Waals surface area contributed by atoms with Crippen LogP contribution in [-0.4, -0.2) is 24.2 Å². The summed E-state index contributed by atoms with van der Waals surface area (Å²) in [6, 6.07) is 0.385. The molecule has 106 valence electrons. The molecule has 0 aromatic carbocycles. The van der Waals surface area contributed by atoms with Gasteiger partial charge in [0.1, 0.15) is 0 Å². The third-order valence-electron chi connectivity index (χ3n) is 4.16. The summed E-state index contributed by atoms with van der Waals surface area (Å²) in [7, 11) is 0. The molecule has 0 bridgehead atoms. The Labute approximate surface area is 115 Å². The molecule has 0 spiro atoms. The molecule has 0 heterocycles. The molecule has 4 nitrogen and oxygen atoms in total. The largest absolute Gasteiger partial charge is 0.235 e. The van der Waals surface area contributed by atoms with Crippen LogP contribution in [0.5, 0.6) is 0 Å². The van der Waals surface area contributed by atoms with E-state index in [-0.39, 0.29) is 12.1 Å². The molecule has 1 fully saturated rings. The maximum absolute atomic E-state index is 10.2. The number of hydrogen-bond acceptors (Lipinski definition) is 4. The third-order valence-corrected chi connectivity index (χ3v) is 4.16. The topological polar surface area (TPSA) is 58.9 Å². The zero-order chi connectivity index (χ0) is 13.9. The first-order chi connectivity index (χ1) is 9.30. The fraction of sp³-hybridized carbons (Fsp3) is 0.867. The Hall–Kier alpha value is -1.24. The summed E-state index contributed by atoms with van der Waals surface area (Å²) in [6.07, 6.45) is 13.3. The smallest absolute Gasteiger partial charge is 0.211 e. The van der Waals surface area contributed by atoms with E-state index in [1.165, 1.54) is 25.7 Å². The molecule has 1 aliphatic rings. The van der Waals surface area contributed by atoms with Gasteiger partial charge in [-0.25, -0.2) is 19.6 Å². The van der Waals surface area contributed by atoms with Crippen LogP contribution in [0.1, 0.15) is 64.7 Å². The second kappa shape index (κ2) is 9.66. The molecule has 1 rings (SSSR count). The molecule has 0 aromatic rings. The molecule has 1 saturated carbocycles. The molecular formula is C15H24N2O2. The molecular weight excluding hydrogens is 240 g/mol. The van der Waals surface area contributed by atoms with Crippen molar-refractivity contribution in [2.45, 2.75) is 76.8 Å². The molecule has 0 radical (unpaired) electrons. The summed E-state index contributed by atoms with van der Waals surface area (Å²) in [6.45, 7) is 2.06. The van der Waals surface area contributed by atoms with E-state index >= 15 is 0 Å². The van der Waals surface area contributed by atoms with Crippen LogP contribution < -0.4 is 0 Å². The minimum absolute atomic E-state index is 0.162. The van der Waals surface area contributed by atoms with Gasteiger partial charge in [0.05, 0.1) is 12.1 Å². The summed E-state index contributed by atoms with van der Waals surface area (Å²) in [5.41, 5.74) is 0. The summed E-state index contributed by atoms with van der Waals surface area (Å²) in [5, 5.41) is 0. The van der Waals surface area contributed by atoms with Crippen molar-refractivity contribution in [3.63, 3.8) is 0 Å². The highest BCUT2D eigenvalue weighted by Crippen LogP contribution is 2.29. The van der Waals surface area contributed by atoms with E-state index in [0.717, 1.165) is 38.0 Å². The van der Waals surface area contributed by atoms with Gasteiger partial charge in [0.25, 0.3) is 0 Å². The Bertz CT molecular complexity index is 336. The number of carbonyl (C=O) groups excluding carboxylic acids is 2. The lowest BCUT2D eigenvalue weighted by Crippen LogP contribution is -2.17. The summed E-state index contributed by atoms with van der Waals surface area (Å²) < 4.78 is 0.